The van der Waals surface area contributed by atoms with E-state index in [1.165, 1.54) is 4.90 Å². The van der Waals surface area contributed by atoms with Crippen molar-refractivity contribution in [2.24, 2.45) is 5.41 Å². The molecule has 0 saturated carbocycles. The first-order chi connectivity index (χ1) is 17.1. The highest BCUT2D eigenvalue weighted by molar-refractivity contribution is 5.87. The number of rotatable bonds is 16. The molecule has 0 aliphatic rings. The number of ether oxygens (including phenoxy) is 4. The molecule has 212 valence electrons. The van der Waals surface area contributed by atoms with Crippen molar-refractivity contribution < 1.29 is 38.1 Å². The van der Waals surface area contributed by atoms with Crippen molar-refractivity contribution in [1.29, 1.82) is 0 Å². The lowest BCUT2D eigenvalue weighted by atomic mass is 9.77. The highest BCUT2D eigenvalue weighted by Crippen LogP contribution is 2.33. The van der Waals surface area contributed by atoms with Gasteiger partial charge in [-0.15, -0.1) is 0 Å². The fourth-order valence-electron chi connectivity index (χ4n) is 3.33. The number of unbranched alkanes of at least 4 members (excludes halogenated alkanes) is 1. The molecule has 37 heavy (non-hydrogen) atoms. The predicted octanol–water partition coefficient (Wildman–Crippen LogP) is 4.77. The van der Waals surface area contributed by atoms with Gasteiger partial charge in [0.15, 0.2) is 0 Å². The molecule has 0 aromatic rings. The average molecular weight is 527 g/mol. The maximum Gasteiger partial charge on any atom is 0.410 e. The quantitative estimate of drug-likeness (QED) is 0.132. The standard InChI is InChI=1S/C27H46N2O8/c1-10-34-24(32)28-19-27(14-17-35-22(30)20(2)3,15-18-36-23(31)21(4)5)13-11-12-16-29(9)25(33)37-26(6,7)8/h2,4,10-19H2,1,3,5-9H3,(H,28,32). The van der Waals surface area contributed by atoms with Gasteiger partial charge in [0.05, 0.1) is 19.8 Å². The van der Waals surface area contributed by atoms with Crippen LogP contribution in [-0.4, -0.2) is 74.6 Å². The topological polar surface area (TPSA) is 120 Å². The molecule has 0 aromatic carbocycles. The number of nitrogens with zero attached hydrogens (tertiary/aromatic N) is 1. The van der Waals surface area contributed by atoms with Crippen LogP contribution in [0.2, 0.25) is 0 Å². The number of carbonyl (C=O) groups excluding carboxylic acids is 4. The Bertz CT molecular complexity index is 769. The second-order valence-corrected chi connectivity index (χ2v) is 10.3. The number of hydrogen-bond acceptors (Lipinski definition) is 8. The van der Waals surface area contributed by atoms with E-state index in [0.717, 1.165) is 0 Å². The van der Waals surface area contributed by atoms with Gasteiger partial charge >= 0.3 is 24.1 Å². The van der Waals surface area contributed by atoms with Gasteiger partial charge in [-0.3, -0.25) is 0 Å². The molecule has 1 N–H and O–H groups in total. The van der Waals surface area contributed by atoms with Crippen molar-refractivity contribution in [1.82, 2.24) is 10.2 Å². The van der Waals surface area contributed by atoms with Gasteiger partial charge in [-0.2, -0.15) is 0 Å². The fourth-order valence-corrected chi connectivity index (χ4v) is 3.33. The zero-order valence-electron chi connectivity index (χ0n) is 23.7. The van der Waals surface area contributed by atoms with Crippen LogP contribution in [0.25, 0.3) is 0 Å². The van der Waals surface area contributed by atoms with E-state index >= 15 is 0 Å². The maximum atomic E-state index is 12.2. The summed E-state index contributed by atoms with van der Waals surface area (Å²) in [7, 11) is 1.68. The normalized spacial score (nSPS) is 11.2. The average Bonchev–Trinajstić information content (AvgIpc) is 2.78. The van der Waals surface area contributed by atoms with E-state index in [0.29, 0.717) is 38.6 Å². The second kappa shape index (κ2) is 16.7. The molecule has 0 spiro atoms. The minimum atomic E-state index is -0.582. The minimum Gasteiger partial charge on any atom is -0.462 e. The zero-order valence-corrected chi connectivity index (χ0v) is 23.7. The maximum absolute atomic E-state index is 12.2. The number of carbonyl (C=O) groups is 4. The van der Waals surface area contributed by atoms with Gasteiger partial charge in [0.25, 0.3) is 0 Å². The Morgan fingerprint density at radius 3 is 1.78 bits per heavy atom. The summed E-state index contributed by atoms with van der Waals surface area (Å²) in [6, 6.07) is 0. The largest absolute Gasteiger partial charge is 0.462 e. The summed E-state index contributed by atoms with van der Waals surface area (Å²) in [6.45, 7) is 18.6. The van der Waals surface area contributed by atoms with Crippen molar-refractivity contribution in [3.63, 3.8) is 0 Å². The van der Waals surface area contributed by atoms with Crippen molar-refractivity contribution in [3.05, 3.63) is 24.3 Å². The number of hydrogen-bond donors (Lipinski definition) is 1. The monoisotopic (exact) mass is 526 g/mol. The van der Waals surface area contributed by atoms with Crippen LogP contribution in [0.5, 0.6) is 0 Å². The van der Waals surface area contributed by atoms with E-state index in [2.05, 4.69) is 18.5 Å². The first kappa shape index (κ1) is 34.0. The molecule has 2 amide bonds. The summed E-state index contributed by atoms with van der Waals surface area (Å²) >= 11 is 0. The van der Waals surface area contributed by atoms with E-state index in [1.807, 2.05) is 20.8 Å². The molecule has 0 bridgehead atoms. The molecule has 0 atom stereocenters. The van der Waals surface area contributed by atoms with Gasteiger partial charge < -0.3 is 29.2 Å². The number of esters is 2. The Morgan fingerprint density at radius 1 is 0.838 bits per heavy atom. The third kappa shape index (κ3) is 15.6. The molecule has 0 rings (SSSR count). The first-order valence-corrected chi connectivity index (χ1v) is 12.6. The smallest absolute Gasteiger partial charge is 0.410 e. The molecular formula is C27H46N2O8. The first-order valence-electron chi connectivity index (χ1n) is 12.6. The van der Waals surface area contributed by atoms with Gasteiger partial charge in [0.2, 0.25) is 0 Å². The SMILES string of the molecule is C=C(C)C(=O)OCCC(CCCCN(C)C(=O)OC(C)(C)C)(CCOC(=O)C(=C)C)CNC(=O)OCC. The Balaban J connectivity index is 5.44. The van der Waals surface area contributed by atoms with Gasteiger partial charge in [0.1, 0.15) is 5.60 Å². The predicted molar refractivity (Wildman–Crippen MR) is 141 cm³/mol. The molecular weight excluding hydrogens is 480 g/mol. The third-order valence-corrected chi connectivity index (χ3v) is 5.47. The van der Waals surface area contributed by atoms with Crippen molar-refractivity contribution in [3.8, 4) is 0 Å². The molecule has 10 heteroatoms. The van der Waals surface area contributed by atoms with Crippen molar-refractivity contribution >= 4 is 24.1 Å². The van der Waals surface area contributed by atoms with Crippen LogP contribution in [0.4, 0.5) is 9.59 Å². The summed E-state index contributed by atoms with van der Waals surface area (Å²) < 4.78 is 21.1. The van der Waals surface area contributed by atoms with Gasteiger partial charge in [-0.25, -0.2) is 19.2 Å². The lowest BCUT2D eigenvalue weighted by Gasteiger charge is -2.34. The molecule has 10 nitrogen and oxygen atoms in total. The fraction of sp³-hybridized carbons (Fsp3) is 0.704. The summed E-state index contributed by atoms with van der Waals surface area (Å²) in [5.74, 6) is -1.00. The molecule has 0 aliphatic heterocycles. The summed E-state index contributed by atoms with van der Waals surface area (Å²) in [6.07, 6.45) is 1.83. The van der Waals surface area contributed by atoms with E-state index in [9.17, 15) is 19.2 Å². The minimum absolute atomic E-state index is 0.0996. The Labute approximate surface area is 221 Å². The third-order valence-electron chi connectivity index (χ3n) is 5.47. The lowest BCUT2D eigenvalue weighted by molar-refractivity contribution is -0.140. The van der Waals surface area contributed by atoms with Crippen LogP contribution in [0.1, 0.15) is 73.6 Å². The molecule has 0 saturated heterocycles. The Hall–Kier alpha value is -3.04. The van der Waals surface area contributed by atoms with Crippen molar-refractivity contribution in [2.75, 3.05) is 40.0 Å². The molecule has 0 heterocycles. The van der Waals surface area contributed by atoms with E-state index < -0.39 is 35.1 Å². The highest BCUT2D eigenvalue weighted by atomic mass is 16.6. The zero-order chi connectivity index (χ0) is 28.6. The Morgan fingerprint density at radius 2 is 1.35 bits per heavy atom. The molecule has 0 radical (unpaired) electrons. The molecule has 0 unspecified atom stereocenters. The molecule has 0 aliphatic carbocycles. The number of alkyl carbamates (subject to hydrolysis) is 1. The molecule has 0 fully saturated rings. The van der Waals surface area contributed by atoms with Gasteiger partial charge in [0, 0.05) is 31.3 Å². The van der Waals surface area contributed by atoms with Gasteiger partial charge in [-0.1, -0.05) is 19.6 Å². The second-order valence-electron chi connectivity index (χ2n) is 10.3. The summed E-state index contributed by atoms with van der Waals surface area (Å²) in [5.41, 5.74) is -0.574. The molecule has 0 aromatic heterocycles. The highest BCUT2D eigenvalue weighted by Gasteiger charge is 2.32. The number of nitrogens with one attached hydrogen (secondary N) is 1. The van der Waals surface area contributed by atoms with Crippen LogP contribution in [0, 0.1) is 5.41 Å². The summed E-state index contributed by atoms with van der Waals surface area (Å²) in [4.78, 5) is 49.6. The Kier molecular flexibility index (Phi) is 15.3. The van der Waals surface area contributed by atoms with Crippen LogP contribution in [0.3, 0.4) is 0 Å². The van der Waals surface area contributed by atoms with Crippen molar-refractivity contribution in [2.45, 2.75) is 79.2 Å². The van der Waals surface area contributed by atoms with Gasteiger partial charge in [-0.05, 0) is 72.6 Å². The van der Waals surface area contributed by atoms with Crippen LogP contribution in [-0.2, 0) is 28.5 Å². The van der Waals surface area contributed by atoms with E-state index in [-0.39, 0.29) is 37.5 Å². The van der Waals surface area contributed by atoms with E-state index in [1.54, 1.807) is 27.8 Å². The number of amides is 2. The van der Waals surface area contributed by atoms with Crippen LogP contribution in [0.15, 0.2) is 24.3 Å². The van der Waals surface area contributed by atoms with Crippen LogP contribution < -0.4 is 5.32 Å². The van der Waals surface area contributed by atoms with Crippen LogP contribution >= 0.6 is 0 Å². The van der Waals surface area contributed by atoms with E-state index in [4.69, 9.17) is 18.9 Å². The summed E-state index contributed by atoms with van der Waals surface area (Å²) in [5, 5.41) is 2.78. The lowest BCUT2D eigenvalue weighted by Crippen LogP contribution is -2.40.